The summed E-state index contributed by atoms with van der Waals surface area (Å²) in [6.45, 7) is 1.56. The highest BCUT2D eigenvalue weighted by molar-refractivity contribution is 6.05. The van der Waals surface area contributed by atoms with E-state index in [4.69, 9.17) is 21.4 Å². The lowest BCUT2D eigenvalue weighted by molar-refractivity contribution is -0.255. The van der Waals surface area contributed by atoms with Gasteiger partial charge in [0.1, 0.15) is 5.82 Å². The van der Waals surface area contributed by atoms with Crippen molar-refractivity contribution in [1.82, 2.24) is 19.7 Å². The molecular formula is C21H19F6N7O5. The van der Waals surface area contributed by atoms with Crippen LogP contribution in [-0.2, 0) is 22.2 Å². The molecule has 2 aromatic heterocycles. The molecule has 39 heavy (non-hydrogen) atoms. The average molecular weight is 563 g/mol. The van der Waals surface area contributed by atoms with E-state index < -0.39 is 41.3 Å². The van der Waals surface area contributed by atoms with E-state index in [0.29, 0.717) is 11.4 Å². The number of rotatable bonds is 5. The zero-order chi connectivity index (χ0) is 29.9. The quantitative estimate of drug-likeness (QED) is 0.288. The minimum Gasteiger partial charge on any atom is -0.475 e. The Morgan fingerprint density at radius 2 is 1.67 bits per heavy atom. The fourth-order valence-corrected chi connectivity index (χ4v) is 2.94. The Morgan fingerprint density at radius 1 is 1.08 bits per heavy atom. The number of carbonyl (C=O) groups is 3. The number of anilines is 2. The molecule has 1 aromatic carbocycles. The molecule has 0 aliphatic rings. The van der Waals surface area contributed by atoms with E-state index in [1.807, 2.05) is 0 Å². The largest absolute Gasteiger partial charge is 0.490 e. The van der Waals surface area contributed by atoms with Gasteiger partial charge in [-0.15, -0.1) is 0 Å². The summed E-state index contributed by atoms with van der Waals surface area (Å²) in [7, 11) is 1.59. The zero-order valence-corrected chi connectivity index (χ0v) is 19.8. The van der Waals surface area contributed by atoms with Crippen molar-refractivity contribution < 1.29 is 50.9 Å². The first-order valence-electron chi connectivity index (χ1n) is 10.2. The van der Waals surface area contributed by atoms with Crippen LogP contribution in [0.15, 0.2) is 36.7 Å². The van der Waals surface area contributed by atoms with Crippen molar-refractivity contribution >= 4 is 29.4 Å². The molecule has 18 heteroatoms. The number of hydrogen-bond donors (Lipinski definition) is 5. The number of halogens is 6. The van der Waals surface area contributed by atoms with Crippen molar-refractivity contribution in [3.8, 4) is 11.3 Å². The van der Waals surface area contributed by atoms with Gasteiger partial charge in [-0.3, -0.25) is 14.3 Å². The van der Waals surface area contributed by atoms with Gasteiger partial charge in [0.15, 0.2) is 11.5 Å². The highest BCUT2D eigenvalue weighted by atomic mass is 19.4. The Morgan fingerprint density at radius 3 is 2.13 bits per heavy atom. The monoisotopic (exact) mass is 563 g/mol. The van der Waals surface area contributed by atoms with Crippen LogP contribution in [0.25, 0.3) is 11.3 Å². The lowest BCUT2D eigenvalue weighted by Gasteiger charge is -2.28. The Kier molecular flexibility index (Phi) is 8.55. The maximum Gasteiger partial charge on any atom is 0.490 e. The molecule has 1 atom stereocenters. The maximum atomic E-state index is 13.5. The Hall–Kier alpha value is -4.74. The van der Waals surface area contributed by atoms with Gasteiger partial charge in [0, 0.05) is 24.2 Å². The van der Waals surface area contributed by atoms with Crippen molar-refractivity contribution in [2.45, 2.75) is 24.9 Å². The van der Waals surface area contributed by atoms with E-state index in [2.05, 4.69) is 20.4 Å². The number of alkyl halides is 6. The first-order valence-corrected chi connectivity index (χ1v) is 10.2. The van der Waals surface area contributed by atoms with Gasteiger partial charge in [-0.2, -0.15) is 31.4 Å². The zero-order valence-electron chi connectivity index (χ0n) is 19.8. The molecule has 0 saturated heterocycles. The number of nitrogens with one attached hydrogen (secondary N) is 1. The van der Waals surface area contributed by atoms with Gasteiger partial charge < -0.3 is 27.0 Å². The molecule has 0 saturated carbocycles. The normalized spacial score (nSPS) is 13.1. The standard InChI is InChI=1S/C19H18F3N7O3.C2HF3O2/c1-9-3-4-10(18(32,17(24)31)19(20,21)22)7-11(9)12-8-25-15(23)14(27-12)16(30)28-13-5-6-26-29(13)2;3-2(4,5)1(6)7/h3-8,32H,1-2H3,(H2,23,25)(H2,24,31)(H,28,30);(H,6,7). The number of benzene rings is 1. The molecule has 0 aliphatic heterocycles. The van der Waals surface area contributed by atoms with Crippen molar-refractivity contribution in [2.75, 3.05) is 11.1 Å². The Balaban J connectivity index is 0.000000673. The van der Waals surface area contributed by atoms with Crippen LogP contribution in [0.5, 0.6) is 0 Å². The predicted octanol–water partition coefficient (Wildman–Crippen LogP) is 1.89. The minimum atomic E-state index is -5.37. The third-order valence-electron chi connectivity index (χ3n) is 5.02. The number of nitrogens with zero attached hydrogens (tertiary/aromatic N) is 4. The lowest BCUT2D eigenvalue weighted by Crippen LogP contribution is -2.52. The smallest absolute Gasteiger partial charge is 0.475 e. The Bertz CT molecular complexity index is 1410. The molecule has 0 radical (unpaired) electrons. The first kappa shape index (κ1) is 30.5. The third kappa shape index (κ3) is 6.58. The van der Waals surface area contributed by atoms with Crippen molar-refractivity contribution in [1.29, 1.82) is 0 Å². The molecule has 3 rings (SSSR count). The number of nitrogen functional groups attached to an aromatic ring is 1. The van der Waals surface area contributed by atoms with Crippen LogP contribution < -0.4 is 16.8 Å². The van der Waals surface area contributed by atoms with Crippen LogP contribution in [0.1, 0.15) is 21.6 Å². The second-order valence-corrected chi connectivity index (χ2v) is 7.69. The van der Waals surface area contributed by atoms with E-state index >= 15 is 0 Å². The molecule has 7 N–H and O–H groups in total. The van der Waals surface area contributed by atoms with Gasteiger partial charge >= 0.3 is 18.3 Å². The summed E-state index contributed by atoms with van der Waals surface area (Å²) in [5.74, 6) is -5.34. The Labute approximate surface area is 214 Å². The SMILES string of the molecule is Cc1ccc(C(O)(C(N)=O)C(F)(F)F)cc1-c1cnc(N)c(C(=O)Nc2ccnn2C)n1.O=C(O)C(F)(F)F. The van der Waals surface area contributed by atoms with Gasteiger partial charge in [-0.1, -0.05) is 12.1 Å². The van der Waals surface area contributed by atoms with Crippen molar-refractivity contribution in [3.63, 3.8) is 0 Å². The molecule has 3 aromatic rings. The summed E-state index contributed by atoms with van der Waals surface area (Å²) in [5.41, 5.74) is 6.11. The van der Waals surface area contributed by atoms with Gasteiger partial charge in [-0.25, -0.2) is 14.8 Å². The number of hydrogen-bond acceptors (Lipinski definition) is 8. The topological polar surface area (TPSA) is 199 Å². The van der Waals surface area contributed by atoms with Crippen LogP contribution in [0.4, 0.5) is 38.0 Å². The second-order valence-electron chi connectivity index (χ2n) is 7.69. The number of amides is 2. The van der Waals surface area contributed by atoms with E-state index in [1.54, 1.807) is 14.0 Å². The molecule has 0 bridgehead atoms. The van der Waals surface area contributed by atoms with E-state index in [1.165, 1.54) is 23.0 Å². The van der Waals surface area contributed by atoms with Crippen molar-refractivity contribution in [3.05, 3.63) is 53.5 Å². The van der Waals surface area contributed by atoms with Crippen LogP contribution in [0, 0.1) is 6.92 Å². The van der Waals surface area contributed by atoms with Crippen LogP contribution in [0.2, 0.25) is 0 Å². The molecule has 2 amide bonds. The molecule has 0 fully saturated rings. The fourth-order valence-electron chi connectivity index (χ4n) is 2.94. The third-order valence-corrected chi connectivity index (χ3v) is 5.02. The van der Waals surface area contributed by atoms with Crippen LogP contribution >= 0.6 is 0 Å². The van der Waals surface area contributed by atoms with E-state index in [-0.39, 0.29) is 22.8 Å². The summed E-state index contributed by atoms with van der Waals surface area (Å²) in [6, 6.07) is 4.62. The number of carbonyl (C=O) groups excluding carboxylic acids is 2. The summed E-state index contributed by atoms with van der Waals surface area (Å²) in [6.07, 6.45) is -7.85. The highest BCUT2D eigenvalue weighted by Crippen LogP contribution is 2.40. The number of carboxylic acid groups (broad SMARTS) is 1. The molecular weight excluding hydrogens is 544 g/mol. The van der Waals surface area contributed by atoms with Gasteiger partial charge in [0.2, 0.25) is 0 Å². The number of nitrogens with two attached hydrogens (primary N) is 2. The van der Waals surface area contributed by atoms with E-state index in [0.717, 1.165) is 18.3 Å². The molecule has 0 spiro atoms. The molecule has 1 unspecified atom stereocenters. The fraction of sp³-hybridized carbons (Fsp3) is 0.238. The number of carboxylic acids is 1. The lowest BCUT2D eigenvalue weighted by atomic mass is 9.89. The van der Waals surface area contributed by atoms with Gasteiger partial charge in [0.05, 0.1) is 18.1 Å². The summed E-state index contributed by atoms with van der Waals surface area (Å²) in [4.78, 5) is 41.1. The van der Waals surface area contributed by atoms with Gasteiger partial charge in [0.25, 0.3) is 17.4 Å². The first-order chi connectivity index (χ1) is 17.8. The van der Waals surface area contributed by atoms with Crippen LogP contribution in [-0.4, -0.2) is 60.1 Å². The summed E-state index contributed by atoms with van der Waals surface area (Å²) >= 11 is 0. The highest BCUT2D eigenvalue weighted by Gasteiger charge is 2.60. The van der Waals surface area contributed by atoms with Crippen LogP contribution in [0.3, 0.4) is 0 Å². The summed E-state index contributed by atoms with van der Waals surface area (Å²) in [5, 5.41) is 23.7. The number of aromatic nitrogens is 4. The average Bonchev–Trinajstić information content (AvgIpc) is 3.22. The minimum absolute atomic E-state index is 0.0114. The molecule has 210 valence electrons. The number of aliphatic carboxylic acids is 1. The molecule has 2 heterocycles. The number of aliphatic hydroxyl groups is 1. The maximum absolute atomic E-state index is 13.5. The van der Waals surface area contributed by atoms with Gasteiger partial charge in [-0.05, 0) is 18.6 Å². The number of aryl methyl sites for hydroxylation is 2. The second kappa shape index (κ2) is 10.9. The molecule has 0 aliphatic carbocycles. The van der Waals surface area contributed by atoms with E-state index in [9.17, 15) is 41.0 Å². The number of primary amides is 1. The molecule has 12 nitrogen and oxygen atoms in total. The summed E-state index contributed by atoms with van der Waals surface area (Å²) < 4.78 is 73.5. The van der Waals surface area contributed by atoms with Crippen molar-refractivity contribution in [2.24, 2.45) is 12.8 Å². The predicted molar refractivity (Wildman–Crippen MR) is 121 cm³/mol.